The summed E-state index contributed by atoms with van der Waals surface area (Å²) in [7, 11) is 4.33. The zero-order chi connectivity index (χ0) is 35.8. The van der Waals surface area contributed by atoms with Crippen molar-refractivity contribution in [2.24, 2.45) is 0 Å². The van der Waals surface area contributed by atoms with Crippen molar-refractivity contribution >= 4 is 57.0 Å². The molecule has 20 heteroatoms. The quantitative estimate of drug-likeness (QED) is 0.0311. The average molecular weight is 880 g/mol. The van der Waals surface area contributed by atoms with E-state index in [-0.39, 0.29) is 102 Å². The first-order chi connectivity index (χ1) is 22.2. The predicted molar refractivity (Wildman–Crippen MR) is 179 cm³/mol. The molecule has 6 N–H and O–H groups in total. The summed E-state index contributed by atoms with van der Waals surface area (Å²) in [6.45, 7) is 7.92. The fraction of sp³-hybridized carbons (Fsp3) is 0.724. The maximum Gasteiger partial charge on any atom is 3.00 e. The van der Waals surface area contributed by atoms with Gasteiger partial charge in [0.05, 0.1) is 31.1 Å². The van der Waals surface area contributed by atoms with Crippen molar-refractivity contribution in [3.8, 4) is 0 Å². The number of hydrogen-bond donors (Lipinski definition) is 4. The normalized spacial score (nSPS) is 12.0. The van der Waals surface area contributed by atoms with Crippen molar-refractivity contribution in [1.29, 1.82) is 0 Å². The molecular formula is C29H52GdN7O10S2. The van der Waals surface area contributed by atoms with Crippen molar-refractivity contribution in [2.45, 2.75) is 45.7 Å². The number of nitrogens with zero attached hydrogens (tertiary/aromatic N) is 3. The van der Waals surface area contributed by atoms with E-state index < -0.39 is 61.2 Å². The topological polar surface area (TPSA) is 261 Å². The van der Waals surface area contributed by atoms with Gasteiger partial charge in [0, 0.05) is 70.4 Å². The zero-order valence-corrected chi connectivity index (χ0v) is 32.6. The number of hydrogen-bond acceptors (Lipinski definition) is 15. The van der Waals surface area contributed by atoms with E-state index >= 15 is 0 Å². The van der Waals surface area contributed by atoms with Crippen molar-refractivity contribution in [1.82, 2.24) is 36.0 Å². The molecule has 3 amide bonds. The molecule has 0 rings (SSSR count). The minimum atomic E-state index is -1.46. The molecule has 0 saturated heterocycles. The Balaban J connectivity index is -0.0000106. The summed E-state index contributed by atoms with van der Waals surface area (Å²) >= 11 is 0. The van der Waals surface area contributed by atoms with Crippen LogP contribution in [0.25, 0.3) is 0 Å². The van der Waals surface area contributed by atoms with Gasteiger partial charge in [-0.05, 0) is 26.8 Å². The molecule has 2 unspecified atom stereocenters. The number of carbonyl (C=O) groups is 6. The minimum Gasteiger partial charge on any atom is -0.875 e. The number of likely N-dealkylation sites (N-methyl/N-ethyl adjacent to an activating group) is 1. The first kappa shape index (κ1) is 51.8. The fourth-order valence-electron chi connectivity index (χ4n) is 4.08. The smallest absolute Gasteiger partial charge is 0.875 e. The molecule has 0 aliphatic carbocycles. The number of carboxylic acids is 2. The first-order valence-electron chi connectivity index (χ1n) is 15.4. The number of nitrogens with one attached hydrogen (secondary N) is 4. The van der Waals surface area contributed by atoms with Crippen LogP contribution in [0.3, 0.4) is 0 Å². The van der Waals surface area contributed by atoms with Crippen molar-refractivity contribution < 1.29 is 89.5 Å². The van der Waals surface area contributed by atoms with Crippen LogP contribution in [0.2, 0.25) is 0 Å². The molecule has 17 nitrogen and oxygen atoms in total. The summed E-state index contributed by atoms with van der Waals surface area (Å²) in [5.41, 5.74) is 0. The molecule has 49 heavy (non-hydrogen) atoms. The van der Waals surface area contributed by atoms with E-state index in [1.807, 2.05) is 13.8 Å². The third kappa shape index (κ3) is 27.7. The Labute approximate surface area is 328 Å². The summed E-state index contributed by atoms with van der Waals surface area (Å²) in [4.78, 5) is 76.7. The van der Waals surface area contributed by atoms with Gasteiger partial charge >= 0.3 is 39.9 Å². The predicted octanol–water partition coefficient (Wildman–Crippen LogP) is -5.46. The van der Waals surface area contributed by atoms with Gasteiger partial charge in [-0.25, -0.2) is 0 Å². The molecule has 0 heterocycles. The van der Waals surface area contributed by atoms with Gasteiger partial charge in [0.25, 0.3) is 0 Å². The van der Waals surface area contributed by atoms with Gasteiger partial charge in [0.1, 0.15) is 11.8 Å². The average Bonchev–Trinajstić information content (AvgIpc) is 2.97. The molecule has 0 aliphatic heterocycles. The molecule has 1 radical (unpaired) electrons. The van der Waals surface area contributed by atoms with Gasteiger partial charge in [0.2, 0.25) is 17.7 Å². The Morgan fingerprint density at radius 2 is 1.12 bits per heavy atom. The van der Waals surface area contributed by atoms with Gasteiger partial charge in [-0.1, -0.05) is 35.4 Å². The Kier molecular flexibility index (Phi) is 32.9. The van der Waals surface area contributed by atoms with Crippen molar-refractivity contribution in [2.75, 3.05) is 90.5 Å². The second-order valence-electron chi connectivity index (χ2n) is 10.8. The van der Waals surface area contributed by atoms with Crippen LogP contribution >= 0.6 is 21.6 Å². The molecule has 0 bridgehead atoms. The van der Waals surface area contributed by atoms with Crippen LogP contribution in [-0.4, -0.2) is 158 Å². The zero-order valence-electron chi connectivity index (χ0n) is 28.7. The number of amides is 3. The van der Waals surface area contributed by atoms with E-state index in [1.165, 1.54) is 43.2 Å². The second kappa shape index (κ2) is 31.1. The number of Topliss-reactive ketones (excluding diaryl/α,β-unsaturated/α-hetero) is 1. The van der Waals surface area contributed by atoms with Gasteiger partial charge in [0.15, 0.2) is 0 Å². The number of carboxylic acid groups (broad SMARTS) is 2. The molecular weight excluding hydrogens is 828 g/mol. The van der Waals surface area contributed by atoms with Crippen LogP contribution in [0.4, 0.5) is 0 Å². The molecule has 0 spiro atoms. The third-order valence-corrected chi connectivity index (χ3v) is 8.77. The Hall–Kier alpha value is -1.62. The van der Waals surface area contributed by atoms with Crippen molar-refractivity contribution in [3.05, 3.63) is 12.3 Å². The standard InChI is InChI=1S/C29H53N7O9S2.Gd.H2O/c1-6-8-31-28(44)23(30-5)19-46-47-20-24(29(45)32-9-7-2)33-25(39)16-36(18-27(42)43)13-11-34(17-26(40)41)10-12-35(14-21(3)37)15-22(4)38;;/h23-24,30,37H,3,6-20H2,1-2,4-5H3,(H,31,44)(H,32,45)(H,33,39)(H,40,41)(H,42,43);;1H2/q;+3;/p-3. The summed E-state index contributed by atoms with van der Waals surface area (Å²) in [5, 5.41) is 45.5. The van der Waals surface area contributed by atoms with E-state index in [9.17, 15) is 44.1 Å². The second-order valence-corrected chi connectivity index (χ2v) is 13.3. The van der Waals surface area contributed by atoms with E-state index in [0.717, 1.165) is 6.42 Å². The molecule has 0 fully saturated rings. The van der Waals surface area contributed by atoms with E-state index in [1.54, 1.807) is 7.05 Å². The molecule has 0 aliphatic rings. The van der Waals surface area contributed by atoms with Crippen LogP contribution in [0.15, 0.2) is 12.3 Å². The van der Waals surface area contributed by atoms with Gasteiger partial charge in [-0.2, -0.15) is 0 Å². The minimum absolute atomic E-state index is 0. The van der Waals surface area contributed by atoms with Gasteiger partial charge in [-0.3, -0.25) is 33.9 Å². The molecule has 0 aromatic rings. The molecule has 0 aromatic carbocycles. The monoisotopic (exact) mass is 880 g/mol. The number of ketones is 1. The molecule has 283 valence electrons. The number of aliphatic carboxylic acids is 2. The van der Waals surface area contributed by atoms with Crippen LogP contribution in [0.1, 0.15) is 33.6 Å². The van der Waals surface area contributed by atoms with E-state index in [0.29, 0.717) is 25.3 Å². The van der Waals surface area contributed by atoms with Gasteiger partial charge in [-0.15, -0.1) is 12.3 Å². The maximum atomic E-state index is 13.0. The summed E-state index contributed by atoms with van der Waals surface area (Å²) in [5.74, 6) is -4.06. The summed E-state index contributed by atoms with van der Waals surface area (Å²) in [6, 6.07) is -1.39. The summed E-state index contributed by atoms with van der Waals surface area (Å²) in [6.07, 6.45) is 1.48. The number of rotatable bonds is 29. The van der Waals surface area contributed by atoms with Crippen molar-refractivity contribution in [3.63, 3.8) is 0 Å². The Bertz CT molecular complexity index is 1020. The SMILES string of the molecule is C=C([O-])CN(CCN(CCN(CC(=O)[O-])CC(=O)NC(CSSCC(NC)C(=O)NCCC)C(=O)NCCC)CC(=O)[O-])CC(C)=O.O.[Gd+3]. The number of carbonyl (C=O) groups excluding carboxylic acids is 6. The largest absolute Gasteiger partial charge is 3.00 e. The Morgan fingerprint density at radius 1 is 0.694 bits per heavy atom. The van der Waals surface area contributed by atoms with Gasteiger partial charge < -0.3 is 51.7 Å². The van der Waals surface area contributed by atoms with Crippen LogP contribution in [0, 0.1) is 39.9 Å². The van der Waals surface area contributed by atoms with Crippen LogP contribution in [-0.2, 0) is 28.8 Å². The first-order valence-corrected chi connectivity index (χ1v) is 17.9. The van der Waals surface area contributed by atoms with E-state index in [2.05, 4.69) is 27.8 Å². The summed E-state index contributed by atoms with van der Waals surface area (Å²) < 4.78 is 0. The molecule has 0 aromatic heterocycles. The molecule has 2 atom stereocenters. The van der Waals surface area contributed by atoms with Crippen LogP contribution < -0.4 is 36.6 Å². The fourth-order valence-corrected chi connectivity index (χ4v) is 6.50. The van der Waals surface area contributed by atoms with E-state index in [4.69, 9.17) is 0 Å². The van der Waals surface area contributed by atoms with Crippen LogP contribution in [0.5, 0.6) is 0 Å². The Morgan fingerprint density at radius 3 is 1.55 bits per heavy atom. The molecule has 0 saturated carbocycles. The maximum absolute atomic E-state index is 13.0. The third-order valence-electron chi connectivity index (χ3n) is 6.35.